The molecule has 1 rings (SSSR count). The molecule has 0 aliphatic heterocycles. The van der Waals surface area contributed by atoms with Gasteiger partial charge in [0.05, 0.1) is 10.0 Å². The molecular weight excluding hydrogens is 255 g/mol. The topological polar surface area (TPSA) is 38.0 Å². The molecule has 0 saturated carbocycles. The fraction of sp³-hybridized carbons (Fsp3) is 0.538. The van der Waals surface area contributed by atoms with E-state index in [0.717, 1.165) is 24.8 Å². The Hall–Kier alpha value is -0.280. The predicted octanol–water partition coefficient (Wildman–Crippen LogP) is 4.32. The van der Waals surface area contributed by atoms with Gasteiger partial charge in [0.2, 0.25) is 0 Å². The molecule has 1 aromatic rings. The maximum atomic E-state index is 6.02. The number of rotatable bonds is 6. The summed E-state index contributed by atoms with van der Waals surface area (Å²) in [6.07, 6.45) is 3.34. The Bertz CT molecular complexity index is 351. The van der Waals surface area contributed by atoms with Gasteiger partial charge >= 0.3 is 0 Å². The van der Waals surface area contributed by atoms with Crippen LogP contribution in [0.15, 0.2) is 18.2 Å². The van der Waals surface area contributed by atoms with Gasteiger partial charge in [-0.3, -0.25) is 11.3 Å². The highest BCUT2D eigenvalue weighted by atomic mass is 35.5. The summed E-state index contributed by atoms with van der Waals surface area (Å²) in [5.41, 5.74) is 3.95. The lowest BCUT2D eigenvalue weighted by Crippen LogP contribution is -2.29. The highest BCUT2D eigenvalue weighted by Gasteiger charge is 2.15. The van der Waals surface area contributed by atoms with Gasteiger partial charge in [-0.2, -0.15) is 0 Å². The average molecular weight is 275 g/mol. The summed E-state index contributed by atoms with van der Waals surface area (Å²) in [6.45, 7) is 4.41. The Morgan fingerprint density at radius 3 is 2.29 bits per heavy atom. The summed E-state index contributed by atoms with van der Waals surface area (Å²) in [5, 5.41) is 1.16. The summed E-state index contributed by atoms with van der Waals surface area (Å²) in [5.74, 6) is 6.30. The van der Waals surface area contributed by atoms with E-state index in [9.17, 15) is 0 Å². The number of benzene rings is 1. The first-order chi connectivity index (χ1) is 8.12. The molecular formula is C13H20Cl2N2. The minimum atomic E-state index is 0.134. The quantitative estimate of drug-likeness (QED) is 0.599. The van der Waals surface area contributed by atoms with Crippen molar-refractivity contribution in [3.05, 3.63) is 33.8 Å². The van der Waals surface area contributed by atoms with Crippen LogP contribution >= 0.6 is 23.2 Å². The van der Waals surface area contributed by atoms with Gasteiger partial charge in [0.25, 0.3) is 0 Å². The first-order valence-corrected chi connectivity index (χ1v) is 6.79. The van der Waals surface area contributed by atoms with E-state index < -0.39 is 0 Å². The molecule has 0 radical (unpaired) electrons. The molecule has 0 spiro atoms. The minimum absolute atomic E-state index is 0.134. The van der Waals surface area contributed by atoms with Crippen molar-refractivity contribution in [2.75, 3.05) is 0 Å². The van der Waals surface area contributed by atoms with Crippen LogP contribution in [0, 0.1) is 5.92 Å². The number of hydrazine groups is 1. The molecule has 3 N–H and O–H groups in total. The van der Waals surface area contributed by atoms with E-state index in [2.05, 4.69) is 19.3 Å². The van der Waals surface area contributed by atoms with Crippen LogP contribution in [0.25, 0.3) is 0 Å². The number of hydrogen-bond donors (Lipinski definition) is 2. The Morgan fingerprint density at radius 2 is 1.82 bits per heavy atom. The summed E-state index contributed by atoms with van der Waals surface area (Å²) in [4.78, 5) is 0. The Kier molecular flexibility index (Phi) is 6.28. The van der Waals surface area contributed by atoms with Gasteiger partial charge in [-0.05, 0) is 30.0 Å². The van der Waals surface area contributed by atoms with Crippen molar-refractivity contribution in [2.45, 2.75) is 39.2 Å². The van der Waals surface area contributed by atoms with Gasteiger partial charge in [-0.25, -0.2) is 0 Å². The second kappa shape index (κ2) is 7.22. The monoisotopic (exact) mass is 274 g/mol. The van der Waals surface area contributed by atoms with Gasteiger partial charge in [0.1, 0.15) is 0 Å². The highest BCUT2D eigenvalue weighted by molar-refractivity contribution is 6.42. The molecule has 0 aromatic heterocycles. The van der Waals surface area contributed by atoms with E-state index in [4.69, 9.17) is 29.0 Å². The van der Waals surface area contributed by atoms with Gasteiger partial charge < -0.3 is 0 Å². The van der Waals surface area contributed by atoms with E-state index in [1.54, 1.807) is 0 Å². The van der Waals surface area contributed by atoms with E-state index in [-0.39, 0.29) is 6.04 Å². The molecule has 1 aromatic carbocycles. The molecule has 0 saturated heterocycles. The lowest BCUT2D eigenvalue weighted by Gasteiger charge is -2.22. The zero-order chi connectivity index (χ0) is 12.8. The number of nitrogens with two attached hydrogens (primary N) is 1. The van der Waals surface area contributed by atoms with E-state index >= 15 is 0 Å². The molecule has 4 heteroatoms. The third-order valence-corrected chi connectivity index (χ3v) is 4.01. The molecule has 0 aliphatic rings. The van der Waals surface area contributed by atoms with Gasteiger partial charge in [0.15, 0.2) is 0 Å². The fourth-order valence-electron chi connectivity index (χ4n) is 1.98. The third-order valence-electron chi connectivity index (χ3n) is 3.27. The molecule has 0 aliphatic carbocycles. The molecule has 96 valence electrons. The van der Waals surface area contributed by atoms with Crippen molar-refractivity contribution in [3.8, 4) is 0 Å². The lowest BCUT2D eigenvalue weighted by atomic mass is 9.91. The Morgan fingerprint density at radius 1 is 1.18 bits per heavy atom. The normalized spacial score (nSPS) is 13.1. The van der Waals surface area contributed by atoms with Gasteiger partial charge in [-0.1, -0.05) is 56.0 Å². The van der Waals surface area contributed by atoms with E-state index in [1.165, 1.54) is 0 Å². The van der Waals surface area contributed by atoms with Crippen LogP contribution in [0.4, 0.5) is 0 Å². The molecule has 0 amide bonds. The molecule has 0 fully saturated rings. The predicted molar refractivity (Wildman–Crippen MR) is 75.2 cm³/mol. The second-order valence-electron chi connectivity index (χ2n) is 4.31. The maximum Gasteiger partial charge on any atom is 0.0595 e. The summed E-state index contributed by atoms with van der Waals surface area (Å²) < 4.78 is 0. The maximum absolute atomic E-state index is 6.02. The van der Waals surface area contributed by atoms with E-state index in [0.29, 0.717) is 16.0 Å². The van der Waals surface area contributed by atoms with Crippen molar-refractivity contribution < 1.29 is 0 Å². The van der Waals surface area contributed by atoms with Crippen LogP contribution in [0.3, 0.4) is 0 Å². The largest absolute Gasteiger partial charge is 0.271 e. The van der Waals surface area contributed by atoms with Crippen molar-refractivity contribution in [2.24, 2.45) is 11.8 Å². The molecule has 0 bridgehead atoms. The number of halogens is 2. The first-order valence-electron chi connectivity index (χ1n) is 6.03. The van der Waals surface area contributed by atoms with Crippen LogP contribution in [-0.2, 0) is 0 Å². The van der Waals surface area contributed by atoms with Crippen molar-refractivity contribution in [1.29, 1.82) is 0 Å². The highest BCUT2D eigenvalue weighted by Crippen LogP contribution is 2.29. The molecule has 2 nitrogen and oxygen atoms in total. The Labute approximate surface area is 113 Å². The van der Waals surface area contributed by atoms with Gasteiger partial charge in [-0.15, -0.1) is 0 Å². The van der Waals surface area contributed by atoms with Crippen LogP contribution in [0.5, 0.6) is 0 Å². The zero-order valence-electron chi connectivity index (χ0n) is 10.3. The average Bonchev–Trinajstić information content (AvgIpc) is 2.35. The first kappa shape index (κ1) is 14.8. The van der Waals surface area contributed by atoms with Crippen LogP contribution in [0.1, 0.15) is 44.7 Å². The molecule has 1 unspecified atom stereocenters. The minimum Gasteiger partial charge on any atom is -0.271 e. The standard InChI is InChI=1S/C13H20Cl2N2/c1-3-9(4-2)7-13(17-16)10-5-6-11(14)12(15)8-10/h5-6,8-9,13,17H,3-4,7,16H2,1-2H3. The van der Waals surface area contributed by atoms with Crippen LogP contribution in [-0.4, -0.2) is 0 Å². The SMILES string of the molecule is CCC(CC)CC(NN)c1ccc(Cl)c(Cl)c1. The summed E-state index contributed by atoms with van der Waals surface area (Å²) in [6, 6.07) is 5.81. The number of hydrogen-bond acceptors (Lipinski definition) is 2. The van der Waals surface area contributed by atoms with Crippen LogP contribution in [0.2, 0.25) is 10.0 Å². The summed E-state index contributed by atoms with van der Waals surface area (Å²) in [7, 11) is 0. The van der Waals surface area contributed by atoms with Crippen molar-refractivity contribution in [3.63, 3.8) is 0 Å². The fourth-order valence-corrected chi connectivity index (χ4v) is 2.29. The Balaban J connectivity index is 2.82. The van der Waals surface area contributed by atoms with Crippen LogP contribution < -0.4 is 11.3 Å². The van der Waals surface area contributed by atoms with E-state index in [1.807, 2.05) is 18.2 Å². The smallest absolute Gasteiger partial charge is 0.0595 e. The molecule has 1 atom stereocenters. The second-order valence-corrected chi connectivity index (χ2v) is 5.13. The zero-order valence-corrected chi connectivity index (χ0v) is 11.9. The number of nitrogens with one attached hydrogen (secondary N) is 1. The molecule has 17 heavy (non-hydrogen) atoms. The lowest BCUT2D eigenvalue weighted by molar-refractivity contribution is 0.375. The van der Waals surface area contributed by atoms with Crippen molar-refractivity contribution in [1.82, 2.24) is 5.43 Å². The summed E-state index contributed by atoms with van der Waals surface area (Å²) >= 11 is 11.9. The van der Waals surface area contributed by atoms with Crippen molar-refractivity contribution >= 4 is 23.2 Å². The molecule has 0 heterocycles. The third kappa shape index (κ3) is 4.14. The van der Waals surface area contributed by atoms with Gasteiger partial charge in [0, 0.05) is 6.04 Å².